The van der Waals surface area contributed by atoms with Gasteiger partial charge in [-0.05, 0) is 35.9 Å². The van der Waals surface area contributed by atoms with Crippen molar-refractivity contribution >= 4 is 35.0 Å². The maximum atomic E-state index is 12.5. The van der Waals surface area contributed by atoms with E-state index in [-0.39, 0.29) is 53.2 Å². The Morgan fingerprint density at radius 2 is 1.70 bits per heavy atom. The fourth-order valence-electron chi connectivity index (χ4n) is 2.82. The fourth-order valence-corrected chi connectivity index (χ4v) is 3.00. The number of halogens is 4. The molecular weight excluding hydrogens is 425 g/mol. The van der Waals surface area contributed by atoms with Crippen molar-refractivity contribution in [3.8, 4) is 5.75 Å². The number of likely N-dealkylation sites (tertiary alicyclic amines) is 1. The van der Waals surface area contributed by atoms with Gasteiger partial charge in [0.15, 0.2) is 6.61 Å². The zero-order chi connectivity index (χ0) is 21.9. The van der Waals surface area contributed by atoms with Crippen LogP contribution in [-0.4, -0.2) is 35.4 Å². The molecule has 0 aliphatic carbocycles. The van der Waals surface area contributed by atoms with Crippen LogP contribution in [0.15, 0.2) is 42.5 Å². The Labute approximate surface area is 174 Å². The molecule has 0 bridgehead atoms. The highest BCUT2D eigenvalue weighted by Crippen LogP contribution is 2.30. The zero-order valence-electron chi connectivity index (χ0n) is 15.5. The smallest absolute Gasteiger partial charge is 0.422 e. The number of benzene rings is 2. The highest BCUT2D eigenvalue weighted by molar-refractivity contribution is 6.31. The van der Waals surface area contributed by atoms with Gasteiger partial charge in [-0.15, -0.1) is 0 Å². The first-order valence-corrected chi connectivity index (χ1v) is 9.23. The first-order valence-electron chi connectivity index (χ1n) is 8.85. The van der Waals surface area contributed by atoms with Crippen molar-refractivity contribution in [1.82, 2.24) is 4.90 Å². The number of carbonyl (C=O) groups excluding carboxylic acids is 3. The monoisotopic (exact) mass is 440 g/mol. The lowest BCUT2D eigenvalue weighted by Gasteiger charge is -2.15. The van der Waals surface area contributed by atoms with Gasteiger partial charge in [0.25, 0.3) is 5.91 Å². The number of nitrogens with zero attached hydrogens (tertiary/aromatic N) is 1. The summed E-state index contributed by atoms with van der Waals surface area (Å²) in [5.41, 5.74) is 0.876. The van der Waals surface area contributed by atoms with Gasteiger partial charge in [0.2, 0.25) is 11.8 Å². The van der Waals surface area contributed by atoms with Crippen LogP contribution in [0.1, 0.15) is 28.8 Å². The lowest BCUT2D eigenvalue weighted by atomic mass is 10.1. The Morgan fingerprint density at radius 3 is 2.30 bits per heavy atom. The molecule has 1 aliphatic heterocycles. The number of hydrogen-bond donors (Lipinski definition) is 1. The quantitative estimate of drug-likeness (QED) is 0.684. The van der Waals surface area contributed by atoms with Gasteiger partial charge in [-0.2, -0.15) is 13.2 Å². The second-order valence-corrected chi connectivity index (χ2v) is 7.01. The van der Waals surface area contributed by atoms with Crippen LogP contribution in [0.2, 0.25) is 5.02 Å². The molecule has 10 heteroatoms. The zero-order valence-corrected chi connectivity index (χ0v) is 16.2. The molecule has 3 rings (SSSR count). The molecule has 0 atom stereocenters. The van der Waals surface area contributed by atoms with E-state index in [2.05, 4.69) is 5.32 Å². The molecule has 2 aromatic carbocycles. The van der Waals surface area contributed by atoms with Crippen molar-refractivity contribution in [2.45, 2.75) is 25.6 Å². The van der Waals surface area contributed by atoms with Crippen molar-refractivity contribution in [2.24, 2.45) is 0 Å². The largest absolute Gasteiger partial charge is 0.482 e. The Hall–Kier alpha value is -3.07. The topological polar surface area (TPSA) is 75.7 Å². The van der Waals surface area contributed by atoms with Gasteiger partial charge in [0.05, 0.1) is 12.2 Å². The Morgan fingerprint density at radius 1 is 1.07 bits per heavy atom. The van der Waals surface area contributed by atoms with Crippen LogP contribution in [-0.2, 0) is 16.1 Å². The molecule has 0 aromatic heterocycles. The van der Waals surface area contributed by atoms with Crippen LogP contribution in [0.3, 0.4) is 0 Å². The molecule has 1 fully saturated rings. The molecule has 158 valence electrons. The lowest BCUT2D eigenvalue weighted by molar-refractivity contribution is -0.153. The molecular formula is C20H16ClF3N2O4. The van der Waals surface area contributed by atoms with Gasteiger partial charge >= 0.3 is 6.18 Å². The number of rotatable bonds is 6. The summed E-state index contributed by atoms with van der Waals surface area (Å²) in [7, 11) is 0. The Balaban J connectivity index is 1.69. The molecule has 1 aliphatic rings. The third-order valence-corrected chi connectivity index (χ3v) is 4.53. The molecule has 2 aromatic rings. The Bertz CT molecular complexity index is 961. The van der Waals surface area contributed by atoms with Crippen LogP contribution in [0.4, 0.5) is 18.9 Å². The molecule has 30 heavy (non-hydrogen) atoms. The minimum atomic E-state index is -4.53. The maximum Gasteiger partial charge on any atom is 0.422 e. The standard InChI is InChI=1S/C20H16ClF3N2O4/c21-14-5-6-16(30-11-20(22,23)24)15(9-14)25-19(29)13-3-1-12(2-4-13)10-26-17(27)7-8-18(26)28/h1-6,9H,7-8,10-11H2,(H,25,29). The van der Waals surface area contributed by atoms with Crippen molar-refractivity contribution in [3.05, 3.63) is 58.6 Å². The number of nitrogens with one attached hydrogen (secondary N) is 1. The molecule has 1 saturated heterocycles. The van der Waals surface area contributed by atoms with Crippen LogP contribution < -0.4 is 10.1 Å². The predicted molar refractivity (Wildman–Crippen MR) is 102 cm³/mol. The summed E-state index contributed by atoms with van der Waals surface area (Å²) in [6.07, 6.45) is -4.15. The summed E-state index contributed by atoms with van der Waals surface area (Å²) in [6.45, 7) is -1.40. The SMILES string of the molecule is O=C(Nc1cc(Cl)ccc1OCC(F)(F)F)c1ccc(CN2C(=O)CCC2=O)cc1. The van der Waals surface area contributed by atoms with E-state index in [0.29, 0.717) is 5.56 Å². The normalized spacial score (nSPS) is 14.2. The number of ether oxygens (including phenoxy) is 1. The van der Waals surface area contributed by atoms with Crippen molar-refractivity contribution in [3.63, 3.8) is 0 Å². The first-order chi connectivity index (χ1) is 14.1. The minimum Gasteiger partial charge on any atom is -0.482 e. The highest BCUT2D eigenvalue weighted by Gasteiger charge is 2.29. The summed E-state index contributed by atoms with van der Waals surface area (Å²) < 4.78 is 42.0. The molecule has 0 saturated carbocycles. The van der Waals surface area contributed by atoms with Crippen molar-refractivity contribution in [1.29, 1.82) is 0 Å². The van der Waals surface area contributed by atoms with E-state index in [1.807, 2.05) is 0 Å². The number of imide groups is 1. The number of amides is 3. The van der Waals surface area contributed by atoms with E-state index in [9.17, 15) is 27.6 Å². The second-order valence-electron chi connectivity index (χ2n) is 6.57. The number of hydrogen-bond acceptors (Lipinski definition) is 4. The average molecular weight is 441 g/mol. The van der Waals surface area contributed by atoms with Crippen LogP contribution in [0.5, 0.6) is 5.75 Å². The molecule has 3 amide bonds. The second kappa shape index (κ2) is 8.74. The van der Waals surface area contributed by atoms with E-state index in [0.717, 1.165) is 4.90 Å². The molecule has 1 heterocycles. The molecule has 1 N–H and O–H groups in total. The lowest BCUT2D eigenvalue weighted by Crippen LogP contribution is -2.28. The van der Waals surface area contributed by atoms with E-state index < -0.39 is 18.7 Å². The summed E-state index contributed by atoms with van der Waals surface area (Å²) in [5.74, 6) is -1.25. The fraction of sp³-hybridized carbons (Fsp3) is 0.250. The van der Waals surface area contributed by atoms with Gasteiger partial charge in [0.1, 0.15) is 5.75 Å². The highest BCUT2D eigenvalue weighted by atomic mass is 35.5. The van der Waals surface area contributed by atoms with E-state index in [4.69, 9.17) is 16.3 Å². The van der Waals surface area contributed by atoms with Gasteiger partial charge in [-0.3, -0.25) is 19.3 Å². The number of alkyl halides is 3. The van der Waals surface area contributed by atoms with Crippen LogP contribution >= 0.6 is 11.6 Å². The summed E-state index contributed by atoms with van der Waals surface area (Å²) in [4.78, 5) is 37.0. The van der Waals surface area contributed by atoms with Crippen LogP contribution in [0.25, 0.3) is 0 Å². The van der Waals surface area contributed by atoms with E-state index in [1.165, 1.54) is 30.3 Å². The predicted octanol–water partition coefficient (Wildman–Crippen LogP) is 4.18. The van der Waals surface area contributed by atoms with Gasteiger partial charge < -0.3 is 10.1 Å². The van der Waals surface area contributed by atoms with Crippen molar-refractivity contribution in [2.75, 3.05) is 11.9 Å². The van der Waals surface area contributed by atoms with Gasteiger partial charge in [-0.25, -0.2) is 0 Å². The summed E-state index contributed by atoms with van der Waals surface area (Å²) in [6, 6.07) is 10.0. The summed E-state index contributed by atoms with van der Waals surface area (Å²) >= 11 is 5.87. The maximum absolute atomic E-state index is 12.5. The summed E-state index contributed by atoms with van der Waals surface area (Å²) in [5, 5.41) is 2.68. The number of anilines is 1. The average Bonchev–Trinajstić information content (AvgIpc) is 2.99. The van der Waals surface area contributed by atoms with Gasteiger partial charge in [0, 0.05) is 23.4 Å². The molecule has 0 spiro atoms. The minimum absolute atomic E-state index is 0.00548. The first kappa shape index (κ1) is 21.6. The molecule has 0 unspecified atom stereocenters. The Kier molecular flexibility index (Phi) is 6.31. The molecule has 6 nitrogen and oxygen atoms in total. The van der Waals surface area contributed by atoms with Crippen LogP contribution in [0, 0.1) is 0 Å². The van der Waals surface area contributed by atoms with E-state index >= 15 is 0 Å². The van der Waals surface area contributed by atoms with Crippen molar-refractivity contribution < 1.29 is 32.3 Å². The molecule has 0 radical (unpaired) electrons. The van der Waals surface area contributed by atoms with Gasteiger partial charge in [-0.1, -0.05) is 23.7 Å². The third-order valence-electron chi connectivity index (χ3n) is 4.29. The number of carbonyl (C=O) groups is 3. The van der Waals surface area contributed by atoms with E-state index in [1.54, 1.807) is 12.1 Å². The third kappa shape index (κ3) is 5.50.